The summed E-state index contributed by atoms with van der Waals surface area (Å²) in [5.74, 6) is 0.420. The molecule has 2 aliphatic rings. The average Bonchev–Trinajstić information content (AvgIpc) is 3.10. The van der Waals surface area contributed by atoms with Gasteiger partial charge in [-0.15, -0.1) is 0 Å². The monoisotopic (exact) mass is 437 g/mol. The standard InChI is InChI=1S/C22H35N3O4S/c1-22(2,3)29-21(26)24-14-15-25(30(27,28)19-9-5-4-6-10-19)18(16-24)13-12-17-8-7-11-20(17)23/h4-6,9-10,17-18,20H,7-8,11-16,23H2,1-3H3/t17-,18?,20+/m1/s1. The van der Waals surface area contributed by atoms with Gasteiger partial charge in [0.15, 0.2) is 0 Å². The highest BCUT2D eigenvalue weighted by Gasteiger charge is 2.39. The molecule has 1 heterocycles. The number of rotatable bonds is 5. The van der Waals surface area contributed by atoms with Crippen LogP contribution in [0.25, 0.3) is 0 Å². The van der Waals surface area contributed by atoms with Crippen LogP contribution in [0.3, 0.4) is 0 Å². The van der Waals surface area contributed by atoms with Crippen molar-refractivity contribution < 1.29 is 17.9 Å². The molecule has 1 aromatic carbocycles. The van der Waals surface area contributed by atoms with Gasteiger partial charge in [-0.1, -0.05) is 24.6 Å². The van der Waals surface area contributed by atoms with E-state index in [4.69, 9.17) is 10.5 Å². The van der Waals surface area contributed by atoms with Crippen molar-refractivity contribution in [3.63, 3.8) is 0 Å². The Labute approximate surface area is 180 Å². The summed E-state index contributed by atoms with van der Waals surface area (Å²) in [6.45, 7) is 6.42. The predicted octanol–water partition coefficient (Wildman–Crippen LogP) is 3.20. The Bertz CT molecular complexity index is 823. The average molecular weight is 438 g/mol. The first-order chi connectivity index (χ1) is 14.1. The Hall–Kier alpha value is -1.64. The lowest BCUT2D eigenvalue weighted by Gasteiger charge is -2.41. The Morgan fingerprint density at radius 2 is 1.83 bits per heavy atom. The highest BCUT2D eigenvalue weighted by Crippen LogP contribution is 2.31. The topological polar surface area (TPSA) is 92.9 Å². The molecule has 7 nitrogen and oxygen atoms in total. The number of piperazine rings is 1. The van der Waals surface area contributed by atoms with Gasteiger partial charge in [-0.3, -0.25) is 0 Å². The molecule has 1 aromatic rings. The minimum absolute atomic E-state index is 0.190. The minimum Gasteiger partial charge on any atom is -0.444 e. The fourth-order valence-electron chi connectivity index (χ4n) is 4.44. The van der Waals surface area contributed by atoms with E-state index in [0.717, 1.165) is 25.7 Å². The molecule has 30 heavy (non-hydrogen) atoms. The molecule has 8 heteroatoms. The maximum absolute atomic E-state index is 13.3. The molecule has 3 atom stereocenters. The quantitative estimate of drug-likeness (QED) is 0.764. The molecule has 0 radical (unpaired) electrons. The highest BCUT2D eigenvalue weighted by atomic mass is 32.2. The van der Waals surface area contributed by atoms with E-state index in [-0.39, 0.29) is 24.7 Å². The number of carbonyl (C=O) groups excluding carboxylic acids is 1. The second-order valence-corrected chi connectivity index (χ2v) is 11.3. The van der Waals surface area contributed by atoms with Crippen LogP contribution in [0, 0.1) is 5.92 Å². The first kappa shape index (κ1) is 23.0. The third-order valence-electron chi connectivity index (χ3n) is 6.02. The second-order valence-electron chi connectivity index (χ2n) is 9.44. The van der Waals surface area contributed by atoms with Gasteiger partial charge in [0, 0.05) is 31.7 Å². The molecule has 0 aromatic heterocycles. The number of hydrogen-bond donors (Lipinski definition) is 1. The van der Waals surface area contributed by atoms with Crippen LogP contribution in [-0.4, -0.2) is 61.0 Å². The normalized spacial score (nSPS) is 26.0. The summed E-state index contributed by atoms with van der Waals surface area (Å²) in [5.41, 5.74) is 5.65. The molecule has 168 valence electrons. The molecular weight excluding hydrogens is 402 g/mol. The molecule has 2 fully saturated rings. The van der Waals surface area contributed by atoms with Gasteiger partial charge in [-0.05, 0) is 64.5 Å². The molecule has 1 saturated heterocycles. The lowest BCUT2D eigenvalue weighted by molar-refractivity contribution is 0.0122. The van der Waals surface area contributed by atoms with E-state index in [1.807, 2.05) is 20.8 Å². The molecule has 3 rings (SSSR count). The lowest BCUT2D eigenvalue weighted by Crippen LogP contribution is -2.57. The van der Waals surface area contributed by atoms with E-state index >= 15 is 0 Å². The van der Waals surface area contributed by atoms with Gasteiger partial charge in [0.05, 0.1) is 4.90 Å². The lowest BCUT2D eigenvalue weighted by atomic mass is 9.95. The van der Waals surface area contributed by atoms with Crippen molar-refractivity contribution in [1.29, 1.82) is 0 Å². The largest absolute Gasteiger partial charge is 0.444 e. The van der Waals surface area contributed by atoms with Crippen LogP contribution in [0.15, 0.2) is 35.2 Å². The number of amides is 1. The number of ether oxygens (including phenoxy) is 1. The fourth-order valence-corrected chi connectivity index (χ4v) is 6.10. The number of hydrogen-bond acceptors (Lipinski definition) is 5. The van der Waals surface area contributed by atoms with Gasteiger partial charge < -0.3 is 15.4 Å². The van der Waals surface area contributed by atoms with Gasteiger partial charge in [-0.2, -0.15) is 4.31 Å². The third kappa shape index (κ3) is 5.53. The van der Waals surface area contributed by atoms with Crippen molar-refractivity contribution in [2.75, 3.05) is 19.6 Å². The van der Waals surface area contributed by atoms with Crippen molar-refractivity contribution in [2.45, 2.75) is 75.5 Å². The first-order valence-electron chi connectivity index (χ1n) is 10.9. The molecule has 0 spiro atoms. The van der Waals surface area contributed by atoms with Gasteiger partial charge in [0.2, 0.25) is 10.0 Å². The summed E-state index contributed by atoms with van der Waals surface area (Å²) in [4.78, 5) is 14.5. The molecule has 1 aliphatic carbocycles. The van der Waals surface area contributed by atoms with Crippen molar-refractivity contribution in [1.82, 2.24) is 9.21 Å². The molecule has 1 amide bonds. The van der Waals surface area contributed by atoms with Crippen LogP contribution in [0.4, 0.5) is 4.79 Å². The van der Waals surface area contributed by atoms with Crippen LogP contribution < -0.4 is 5.73 Å². The number of benzene rings is 1. The van der Waals surface area contributed by atoms with Crippen molar-refractivity contribution in [3.05, 3.63) is 30.3 Å². The number of carbonyl (C=O) groups is 1. The maximum Gasteiger partial charge on any atom is 0.410 e. The predicted molar refractivity (Wildman–Crippen MR) is 116 cm³/mol. The Kier molecular flexibility index (Phi) is 7.09. The summed E-state index contributed by atoms with van der Waals surface area (Å²) < 4.78 is 33.8. The zero-order valence-corrected chi connectivity index (χ0v) is 19.1. The summed E-state index contributed by atoms with van der Waals surface area (Å²) in [6, 6.07) is 8.42. The van der Waals surface area contributed by atoms with E-state index < -0.39 is 15.6 Å². The smallest absolute Gasteiger partial charge is 0.410 e. The third-order valence-corrected chi connectivity index (χ3v) is 7.98. The first-order valence-corrected chi connectivity index (χ1v) is 12.3. The van der Waals surface area contributed by atoms with Crippen LogP contribution in [0.1, 0.15) is 52.9 Å². The summed E-state index contributed by atoms with van der Waals surface area (Å²) >= 11 is 0. The van der Waals surface area contributed by atoms with Gasteiger partial charge >= 0.3 is 6.09 Å². The summed E-state index contributed by atoms with van der Waals surface area (Å²) in [5, 5.41) is 0. The van der Waals surface area contributed by atoms with Crippen molar-refractivity contribution in [3.8, 4) is 0 Å². The fraction of sp³-hybridized carbons (Fsp3) is 0.682. The SMILES string of the molecule is CC(C)(C)OC(=O)N1CCN(S(=O)(=O)c2ccccc2)C(CC[C@H]2CCC[C@@H]2N)C1. The Morgan fingerprint density at radius 1 is 1.13 bits per heavy atom. The number of nitrogens with zero attached hydrogens (tertiary/aromatic N) is 2. The highest BCUT2D eigenvalue weighted by molar-refractivity contribution is 7.89. The van der Waals surface area contributed by atoms with Crippen LogP contribution in [-0.2, 0) is 14.8 Å². The molecule has 1 aliphatic heterocycles. The maximum atomic E-state index is 13.3. The van der Waals surface area contributed by atoms with Gasteiger partial charge in [0.25, 0.3) is 0 Å². The molecule has 1 saturated carbocycles. The van der Waals surface area contributed by atoms with Crippen LogP contribution in [0.5, 0.6) is 0 Å². The van der Waals surface area contributed by atoms with Crippen LogP contribution >= 0.6 is 0 Å². The van der Waals surface area contributed by atoms with Crippen molar-refractivity contribution >= 4 is 16.1 Å². The number of nitrogens with two attached hydrogens (primary N) is 1. The number of sulfonamides is 1. The van der Waals surface area contributed by atoms with Crippen molar-refractivity contribution in [2.24, 2.45) is 11.7 Å². The Morgan fingerprint density at radius 3 is 2.43 bits per heavy atom. The molecule has 0 bridgehead atoms. The van der Waals surface area contributed by atoms with E-state index in [1.165, 1.54) is 0 Å². The van der Waals surface area contributed by atoms with Gasteiger partial charge in [-0.25, -0.2) is 13.2 Å². The van der Waals surface area contributed by atoms with Crippen LogP contribution in [0.2, 0.25) is 0 Å². The Balaban J connectivity index is 1.78. The van der Waals surface area contributed by atoms with E-state index in [1.54, 1.807) is 39.5 Å². The van der Waals surface area contributed by atoms with E-state index in [0.29, 0.717) is 30.3 Å². The molecule has 2 N–H and O–H groups in total. The zero-order valence-electron chi connectivity index (χ0n) is 18.3. The van der Waals surface area contributed by atoms with E-state index in [9.17, 15) is 13.2 Å². The minimum atomic E-state index is -3.63. The summed E-state index contributed by atoms with van der Waals surface area (Å²) in [6.07, 6.45) is 4.42. The summed E-state index contributed by atoms with van der Waals surface area (Å²) in [7, 11) is -3.63. The van der Waals surface area contributed by atoms with Gasteiger partial charge in [0.1, 0.15) is 5.60 Å². The zero-order chi connectivity index (χ0) is 21.9. The van der Waals surface area contributed by atoms with E-state index in [2.05, 4.69) is 0 Å². The molecule has 1 unspecified atom stereocenters. The molecular formula is C22H35N3O4S. The second kappa shape index (κ2) is 9.24.